The molecule has 0 radical (unpaired) electrons. The second-order valence-corrected chi connectivity index (χ2v) is 6.44. The van der Waals surface area contributed by atoms with E-state index in [1.165, 1.54) is 11.3 Å². The zero-order valence-electron chi connectivity index (χ0n) is 12.9. The van der Waals surface area contributed by atoms with Crippen LogP contribution in [0.3, 0.4) is 0 Å². The maximum Gasteiger partial charge on any atom is 0.321 e. The molecule has 1 aliphatic rings. The molecule has 122 valence electrons. The predicted molar refractivity (Wildman–Crippen MR) is 88.3 cm³/mol. The number of hydrogen-bond acceptors (Lipinski definition) is 6. The Labute approximate surface area is 138 Å². The average molecular weight is 333 g/mol. The second kappa shape index (κ2) is 7.47. The van der Waals surface area contributed by atoms with Gasteiger partial charge in [0.2, 0.25) is 5.13 Å². The minimum Gasteiger partial charge on any atom is -0.381 e. The van der Waals surface area contributed by atoms with Crippen LogP contribution in [0, 0.1) is 5.92 Å². The first-order valence-electron chi connectivity index (χ1n) is 7.62. The molecule has 3 heterocycles. The first kappa shape index (κ1) is 15.8. The summed E-state index contributed by atoms with van der Waals surface area (Å²) >= 11 is 1.30. The number of carbonyl (C=O) groups is 1. The van der Waals surface area contributed by atoms with E-state index < -0.39 is 0 Å². The van der Waals surface area contributed by atoms with E-state index in [4.69, 9.17) is 4.74 Å². The van der Waals surface area contributed by atoms with Crippen LogP contribution >= 0.6 is 11.3 Å². The van der Waals surface area contributed by atoms with Gasteiger partial charge in [-0.15, -0.1) is 10.2 Å². The van der Waals surface area contributed by atoms with Gasteiger partial charge in [-0.2, -0.15) is 0 Å². The Kier molecular flexibility index (Phi) is 5.14. The summed E-state index contributed by atoms with van der Waals surface area (Å²) in [5, 5.41) is 14.9. The number of anilines is 1. The van der Waals surface area contributed by atoms with Crippen molar-refractivity contribution in [3.05, 3.63) is 24.4 Å². The molecule has 2 aromatic rings. The van der Waals surface area contributed by atoms with Crippen molar-refractivity contribution < 1.29 is 9.53 Å². The maximum atomic E-state index is 12.1. The Morgan fingerprint density at radius 2 is 2.17 bits per heavy atom. The molecule has 1 saturated heterocycles. The molecule has 0 spiro atoms. The second-order valence-electron chi connectivity index (χ2n) is 5.46. The van der Waals surface area contributed by atoms with E-state index in [9.17, 15) is 4.79 Å². The zero-order chi connectivity index (χ0) is 16.1. The molecule has 23 heavy (non-hydrogen) atoms. The van der Waals surface area contributed by atoms with Gasteiger partial charge in [0.05, 0.1) is 0 Å². The van der Waals surface area contributed by atoms with Crippen molar-refractivity contribution in [2.75, 3.05) is 18.5 Å². The van der Waals surface area contributed by atoms with Crippen LogP contribution in [-0.4, -0.2) is 40.5 Å². The molecular formula is C15H19N5O2S. The van der Waals surface area contributed by atoms with Gasteiger partial charge in [-0.1, -0.05) is 17.4 Å². The molecule has 0 aromatic carbocycles. The van der Waals surface area contributed by atoms with Crippen LogP contribution in [0.5, 0.6) is 0 Å². The van der Waals surface area contributed by atoms with Gasteiger partial charge < -0.3 is 10.1 Å². The molecule has 8 heteroatoms. The van der Waals surface area contributed by atoms with E-state index in [0.29, 0.717) is 16.1 Å². The summed E-state index contributed by atoms with van der Waals surface area (Å²) in [6, 6.07) is 5.43. The van der Waals surface area contributed by atoms with E-state index in [1.807, 2.05) is 25.1 Å². The van der Waals surface area contributed by atoms with Crippen molar-refractivity contribution in [1.29, 1.82) is 0 Å². The van der Waals surface area contributed by atoms with Crippen LogP contribution in [-0.2, 0) is 4.74 Å². The molecule has 1 unspecified atom stereocenters. The Bertz CT molecular complexity index is 642. The van der Waals surface area contributed by atoms with E-state index in [-0.39, 0.29) is 12.1 Å². The minimum atomic E-state index is -0.257. The molecule has 2 aromatic heterocycles. The maximum absolute atomic E-state index is 12.1. The van der Waals surface area contributed by atoms with Gasteiger partial charge in [0, 0.05) is 25.5 Å². The smallest absolute Gasteiger partial charge is 0.321 e. The van der Waals surface area contributed by atoms with Crippen LogP contribution in [0.2, 0.25) is 0 Å². The van der Waals surface area contributed by atoms with Gasteiger partial charge in [-0.3, -0.25) is 10.3 Å². The van der Waals surface area contributed by atoms with Gasteiger partial charge in [-0.05, 0) is 37.8 Å². The lowest BCUT2D eigenvalue weighted by Gasteiger charge is -2.28. The molecule has 2 N–H and O–H groups in total. The number of aromatic nitrogens is 3. The third kappa shape index (κ3) is 4.23. The molecule has 7 nitrogen and oxygen atoms in total. The molecule has 1 aliphatic heterocycles. The number of carbonyl (C=O) groups excluding carboxylic acids is 1. The Hall–Kier alpha value is -2.06. The van der Waals surface area contributed by atoms with Crippen molar-refractivity contribution in [2.45, 2.75) is 25.8 Å². The molecular weight excluding hydrogens is 314 g/mol. The van der Waals surface area contributed by atoms with Gasteiger partial charge in [0.1, 0.15) is 5.69 Å². The zero-order valence-corrected chi connectivity index (χ0v) is 13.7. The van der Waals surface area contributed by atoms with Crippen LogP contribution in [0.25, 0.3) is 10.7 Å². The average Bonchev–Trinajstić information content (AvgIpc) is 3.04. The number of ether oxygens (including phenoxy) is 1. The molecule has 0 saturated carbocycles. The molecule has 1 atom stereocenters. The number of urea groups is 1. The topological polar surface area (TPSA) is 89.0 Å². The summed E-state index contributed by atoms with van der Waals surface area (Å²) in [5.74, 6) is 0.452. The standard InChI is InChI=1S/C15H19N5O2S/c1-10(11-5-8-22-9-6-11)17-14(21)18-15-20-19-13(23-15)12-4-2-3-7-16-12/h2-4,7,10-11H,5-6,8-9H2,1H3,(H2,17,18,20,21). The van der Waals surface area contributed by atoms with E-state index in [1.54, 1.807) is 6.20 Å². The summed E-state index contributed by atoms with van der Waals surface area (Å²) in [6.07, 6.45) is 3.65. The van der Waals surface area contributed by atoms with Crippen molar-refractivity contribution in [2.24, 2.45) is 5.92 Å². The normalized spacial score (nSPS) is 16.7. The Morgan fingerprint density at radius 1 is 1.35 bits per heavy atom. The molecule has 3 rings (SSSR count). The molecule has 0 aliphatic carbocycles. The fourth-order valence-electron chi connectivity index (χ4n) is 2.54. The summed E-state index contributed by atoms with van der Waals surface area (Å²) < 4.78 is 5.34. The summed E-state index contributed by atoms with van der Waals surface area (Å²) in [7, 11) is 0. The lowest BCUT2D eigenvalue weighted by molar-refractivity contribution is 0.0573. The van der Waals surface area contributed by atoms with E-state index >= 15 is 0 Å². The SMILES string of the molecule is CC(NC(=O)Nc1nnc(-c2ccccn2)s1)C1CCOCC1. The van der Waals surface area contributed by atoms with Crippen molar-refractivity contribution in [3.8, 4) is 10.7 Å². The van der Waals surface area contributed by atoms with Gasteiger partial charge >= 0.3 is 6.03 Å². The number of hydrogen-bond donors (Lipinski definition) is 2. The molecule has 0 bridgehead atoms. The van der Waals surface area contributed by atoms with Crippen LogP contribution < -0.4 is 10.6 Å². The third-order valence-electron chi connectivity index (χ3n) is 3.86. The first-order chi connectivity index (χ1) is 11.2. The van der Waals surface area contributed by atoms with Crippen molar-refractivity contribution in [3.63, 3.8) is 0 Å². The van der Waals surface area contributed by atoms with Crippen LogP contribution in [0.15, 0.2) is 24.4 Å². The first-order valence-corrected chi connectivity index (χ1v) is 8.44. The van der Waals surface area contributed by atoms with E-state index in [0.717, 1.165) is 31.7 Å². The van der Waals surface area contributed by atoms with Crippen molar-refractivity contribution >= 4 is 22.5 Å². The lowest BCUT2D eigenvalue weighted by atomic mass is 9.93. The van der Waals surface area contributed by atoms with Crippen LogP contribution in [0.1, 0.15) is 19.8 Å². The predicted octanol–water partition coefficient (Wildman–Crippen LogP) is 2.54. The van der Waals surface area contributed by atoms with Gasteiger partial charge in [0.25, 0.3) is 0 Å². The molecule has 1 fully saturated rings. The minimum absolute atomic E-state index is 0.0991. The number of rotatable bonds is 4. The van der Waals surface area contributed by atoms with Crippen molar-refractivity contribution in [1.82, 2.24) is 20.5 Å². The number of pyridine rings is 1. The fraction of sp³-hybridized carbons (Fsp3) is 0.467. The summed E-state index contributed by atoms with van der Waals surface area (Å²) in [4.78, 5) is 16.3. The Balaban J connectivity index is 1.55. The third-order valence-corrected chi connectivity index (χ3v) is 4.72. The Morgan fingerprint density at radius 3 is 2.91 bits per heavy atom. The highest BCUT2D eigenvalue weighted by molar-refractivity contribution is 7.18. The number of nitrogens with one attached hydrogen (secondary N) is 2. The highest BCUT2D eigenvalue weighted by Crippen LogP contribution is 2.24. The quantitative estimate of drug-likeness (QED) is 0.897. The fourth-order valence-corrected chi connectivity index (χ4v) is 3.26. The van der Waals surface area contributed by atoms with Crippen LogP contribution in [0.4, 0.5) is 9.93 Å². The largest absolute Gasteiger partial charge is 0.381 e. The lowest BCUT2D eigenvalue weighted by Crippen LogP contribution is -2.42. The highest BCUT2D eigenvalue weighted by Gasteiger charge is 2.22. The highest BCUT2D eigenvalue weighted by atomic mass is 32.1. The molecule has 2 amide bonds. The monoisotopic (exact) mass is 333 g/mol. The number of amides is 2. The number of nitrogens with zero attached hydrogens (tertiary/aromatic N) is 3. The van der Waals surface area contributed by atoms with Gasteiger partial charge in [0.15, 0.2) is 5.01 Å². The summed E-state index contributed by atoms with van der Waals surface area (Å²) in [6.45, 7) is 3.55. The van der Waals surface area contributed by atoms with E-state index in [2.05, 4.69) is 25.8 Å². The summed E-state index contributed by atoms with van der Waals surface area (Å²) in [5.41, 5.74) is 0.744. The van der Waals surface area contributed by atoms with Gasteiger partial charge in [-0.25, -0.2) is 4.79 Å².